The monoisotopic (exact) mass is 276 g/mol. The van der Waals surface area contributed by atoms with Crippen molar-refractivity contribution < 1.29 is 9.90 Å². The maximum absolute atomic E-state index is 10.6. The normalized spacial score (nSPS) is 10.3. The van der Waals surface area contributed by atoms with Gasteiger partial charge in [0.1, 0.15) is 5.01 Å². The highest BCUT2D eigenvalue weighted by molar-refractivity contribution is 7.09. The Kier molecular flexibility index (Phi) is 4.92. The molecule has 0 fully saturated rings. The minimum atomic E-state index is -0.748. The van der Waals surface area contributed by atoms with Crippen LogP contribution in [0.3, 0.4) is 0 Å². The molecule has 0 aliphatic heterocycles. The molecular formula is C14H16N2O2S. The third kappa shape index (κ3) is 4.37. The third-order valence-electron chi connectivity index (χ3n) is 2.75. The standard InChI is InChI=1S/C14H16N2O2S/c17-14(18)7-4-9-16(11-13-15-8-10-19-13)12-5-2-1-3-6-12/h1-3,5-6,8,10H,4,7,9,11H2,(H,17,18). The number of nitrogens with zero attached hydrogens (tertiary/aromatic N) is 2. The quantitative estimate of drug-likeness (QED) is 0.844. The number of aliphatic carboxylic acids is 1. The summed E-state index contributed by atoms with van der Waals surface area (Å²) in [6.45, 7) is 1.44. The number of benzene rings is 1. The van der Waals surface area contributed by atoms with E-state index in [1.807, 2.05) is 35.7 Å². The molecule has 0 aliphatic carbocycles. The molecule has 2 rings (SSSR count). The molecule has 1 aromatic heterocycles. The molecule has 5 heteroatoms. The number of carbonyl (C=O) groups is 1. The molecule has 0 unspecified atom stereocenters. The van der Waals surface area contributed by atoms with Crippen molar-refractivity contribution in [2.75, 3.05) is 11.4 Å². The first-order chi connectivity index (χ1) is 9.25. The van der Waals surface area contributed by atoms with Crippen LogP contribution in [0.5, 0.6) is 0 Å². The van der Waals surface area contributed by atoms with Crippen molar-refractivity contribution in [3.8, 4) is 0 Å². The molecule has 0 amide bonds. The second-order valence-corrected chi connectivity index (χ2v) is 5.16. The fraction of sp³-hybridized carbons (Fsp3) is 0.286. The van der Waals surface area contributed by atoms with Crippen molar-refractivity contribution in [2.45, 2.75) is 19.4 Å². The largest absolute Gasteiger partial charge is 0.481 e. The molecule has 1 heterocycles. The van der Waals surface area contributed by atoms with Crippen molar-refractivity contribution in [2.24, 2.45) is 0 Å². The summed E-state index contributed by atoms with van der Waals surface area (Å²) in [7, 11) is 0. The molecule has 0 spiro atoms. The molecule has 19 heavy (non-hydrogen) atoms. The first kappa shape index (κ1) is 13.5. The summed E-state index contributed by atoms with van der Waals surface area (Å²) in [5.41, 5.74) is 1.10. The molecule has 0 aliphatic rings. The van der Waals surface area contributed by atoms with E-state index in [1.165, 1.54) is 0 Å². The lowest BCUT2D eigenvalue weighted by Gasteiger charge is -2.23. The molecule has 0 radical (unpaired) electrons. The highest BCUT2D eigenvalue weighted by atomic mass is 32.1. The van der Waals surface area contributed by atoms with Gasteiger partial charge in [-0.15, -0.1) is 11.3 Å². The molecule has 2 aromatic rings. The molecule has 100 valence electrons. The van der Waals surface area contributed by atoms with Crippen molar-refractivity contribution in [3.05, 3.63) is 46.9 Å². The Morgan fingerprint density at radius 3 is 2.74 bits per heavy atom. The fourth-order valence-corrected chi connectivity index (χ4v) is 2.48. The highest BCUT2D eigenvalue weighted by Gasteiger charge is 2.09. The summed E-state index contributed by atoms with van der Waals surface area (Å²) in [5, 5.41) is 11.7. The Morgan fingerprint density at radius 1 is 1.32 bits per heavy atom. The van der Waals surface area contributed by atoms with E-state index in [0.29, 0.717) is 6.42 Å². The molecule has 1 aromatic carbocycles. The van der Waals surface area contributed by atoms with Crippen LogP contribution in [0, 0.1) is 0 Å². The van der Waals surface area contributed by atoms with E-state index < -0.39 is 5.97 Å². The Labute approximate surface area is 116 Å². The van der Waals surface area contributed by atoms with Gasteiger partial charge in [0.25, 0.3) is 0 Å². The van der Waals surface area contributed by atoms with E-state index in [0.717, 1.165) is 23.8 Å². The van der Waals surface area contributed by atoms with Gasteiger partial charge in [0.2, 0.25) is 0 Å². The minimum Gasteiger partial charge on any atom is -0.481 e. The zero-order chi connectivity index (χ0) is 13.5. The molecular weight excluding hydrogens is 260 g/mol. The molecule has 1 N–H and O–H groups in total. The number of carboxylic acids is 1. The number of thiazole rings is 1. The topological polar surface area (TPSA) is 53.4 Å². The van der Waals surface area contributed by atoms with Crippen LogP contribution in [-0.2, 0) is 11.3 Å². The number of hydrogen-bond acceptors (Lipinski definition) is 4. The maximum atomic E-state index is 10.6. The number of hydrogen-bond donors (Lipinski definition) is 1. The van der Waals surface area contributed by atoms with Gasteiger partial charge in [-0.25, -0.2) is 4.98 Å². The average molecular weight is 276 g/mol. The van der Waals surface area contributed by atoms with Crippen LogP contribution in [0.4, 0.5) is 5.69 Å². The van der Waals surface area contributed by atoms with Gasteiger partial charge in [-0.3, -0.25) is 4.79 Å². The van der Waals surface area contributed by atoms with E-state index in [1.54, 1.807) is 17.5 Å². The lowest BCUT2D eigenvalue weighted by atomic mass is 10.2. The van der Waals surface area contributed by atoms with Crippen LogP contribution in [0.2, 0.25) is 0 Å². The van der Waals surface area contributed by atoms with Crippen molar-refractivity contribution in [1.29, 1.82) is 0 Å². The van der Waals surface area contributed by atoms with Gasteiger partial charge in [-0.1, -0.05) is 18.2 Å². The Morgan fingerprint density at radius 2 is 2.11 bits per heavy atom. The Balaban J connectivity index is 2.02. The van der Waals surface area contributed by atoms with Crippen LogP contribution >= 0.6 is 11.3 Å². The van der Waals surface area contributed by atoms with E-state index in [-0.39, 0.29) is 6.42 Å². The number of aromatic nitrogens is 1. The number of carboxylic acid groups (broad SMARTS) is 1. The van der Waals surface area contributed by atoms with Crippen molar-refractivity contribution in [3.63, 3.8) is 0 Å². The predicted octanol–water partition coefficient (Wildman–Crippen LogP) is 3.01. The van der Waals surface area contributed by atoms with Crippen molar-refractivity contribution >= 4 is 23.0 Å². The van der Waals surface area contributed by atoms with Crippen LogP contribution in [0.15, 0.2) is 41.9 Å². The predicted molar refractivity (Wildman–Crippen MR) is 76.5 cm³/mol. The van der Waals surface area contributed by atoms with E-state index in [2.05, 4.69) is 9.88 Å². The average Bonchev–Trinajstić information content (AvgIpc) is 2.91. The molecule has 0 bridgehead atoms. The van der Waals surface area contributed by atoms with Gasteiger partial charge >= 0.3 is 5.97 Å². The second-order valence-electron chi connectivity index (χ2n) is 4.18. The van der Waals surface area contributed by atoms with Crippen LogP contribution in [0.1, 0.15) is 17.8 Å². The van der Waals surface area contributed by atoms with Gasteiger partial charge in [-0.05, 0) is 18.6 Å². The molecule has 4 nitrogen and oxygen atoms in total. The summed E-state index contributed by atoms with van der Waals surface area (Å²) in [6, 6.07) is 10.0. The molecule has 0 atom stereocenters. The summed E-state index contributed by atoms with van der Waals surface area (Å²) in [4.78, 5) is 17.1. The molecule has 0 saturated carbocycles. The summed E-state index contributed by atoms with van der Waals surface area (Å²) in [6.07, 6.45) is 2.62. The smallest absolute Gasteiger partial charge is 0.303 e. The zero-order valence-electron chi connectivity index (χ0n) is 10.5. The SMILES string of the molecule is O=C(O)CCCN(Cc1nccs1)c1ccccc1. The third-order valence-corrected chi connectivity index (χ3v) is 3.51. The second kappa shape index (κ2) is 6.89. The van der Waals surface area contributed by atoms with Crippen LogP contribution in [0.25, 0.3) is 0 Å². The fourth-order valence-electron chi connectivity index (χ4n) is 1.85. The number of para-hydroxylation sites is 1. The van der Waals surface area contributed by atoms with E-state index >= 15 is 0 Å². The van der Waals surface area contributed by atoms with Gasteiger partial charge in [-0.2, -0.15) is 0 Å². The zero-order valence-corrected chi connectivity index (χ0v) is 11.3. The first-order valence-electron chi connectivity index (χ1n) is 6.16. The van der Waals surface area contributed by atoms with Gasteiger partial charge in [0, 0.05) is 30.2 Å². The van der Waals surface area contributed by atoms with Crippen LogP contribution in [-0.4, -0.2) is 22.6 Å². The maximum Gasteiger partial charge on any atom is 0.303 e. The lowest BCUT2D eigenvalue weighted by molar-refractivity contribution is -0.137. The van der Waals surface area contributed by atoms with Gasteiger partial charge in [0.15, 0.2) is 0 Å². The first-order valence-corrected chi connectivity index (χ1v) is 7.04. The lowest BCUT2D eigenvalue weighted by Crippen LogP contribution is -2.24. The summed E-state index contributed by atoms with van der Waals surface area (Å²) in [5.74, 6) is -0.748. The Hall–Kier alpha value is -1.88. The van der Waals surface area contributed by atoms with E-state index in [4.69, 9.17) is 5.11 Å². The summed E-state index contributed by atoms with van der Waals surface area (Å²) < 4.78 is 0. The van der Waals surface area contributed by atoms with Crippen LogP contribution < -0.4 is 4.90 Å². The van der Waals surface area contributed by atoms with E-state index in [9.17, 15) is 4.79 Å². The number of rotatable bonds is 7. The minimum absolute atomic E-state index is 0.196. The number of anilines is 1. The Bertz CT molecular complexity index is 499. The summed E-state index contributed by atoms with van der Waals surface area (Å²) >= 11 is 1.62. The van der Waals surface area contributed by atoms with Crippen molar-refractivity contribution in [1.82, 2.24) is 4.98 Å². The highest BCUT2D eigenvalue weighted by Crippen LogP contribution is 2.18. The van der Waals surface area contributed by atoms with Gasteiger partial charge < -0.3 is 10.0 Å². The molecule has 0 saturated heterocycles. The van der Waals surface area contributed by atoms with Gasteiger partial charge in [0.05, 0.1) is 6.54 Å².